The molecule has 0 fully saturated rings. The van der Waals surface area contributed by atoms with Crippen LogP contribution in [0.15, 0.2) is 18.2 Å². The molecule has 0 atom stereocenters. The van der Waals surface area contributed by atoms with Crippen LogP contribution in [0.5, 0.6) is 0 Å². The Morgan fingerprint density at radius 2 is 1.83 bits per heavy atom. The van der Waals surface area contributed by atoms with Gasteiger partial charge in [0.15, 0.2) is 13.8 Å². The molecule has 0 aliphatic carbocycles. The van der Waals surface area contributed by atoms with Crippen molar-refractivity contribution in [2.75, 3.05) is 5.75 Å². The molecule has 0 bridgehead atoms. The number of benzene rings is 1. The average Bonchev–Trinajstić information content (AvgIpc) is 2.85. The first-order valence-corrected chi connectivity index (χ1v) is 11.2. The number of unbranched alkanes of at least 4 members (excludes halogenated alkanes) is 4. The molecule has 0 saturated heterocycles. The van der Waals surface area contributed by atoms with E-state index in [1.807, 2.05) is 0 Å². The van der Waals surface area contributed by atoms with Crippen molar-refractivity contribution in [1.82, 2.24) is 4.98 Å². The highest BCUT2D eigenvalue weighted by molar-refractivity contribution is 7.91. The SMILES string of the molecule is CC(C)S(=O)(=O)CCCCCCCc1ccc2sc(=S)[nH]c2c1. The number of aromatic amines is 1. The highest BCUT2D eigenvalue weighted by Gasteiger charge is 2.14. The third-order valence-corrected chi connectivity index (χ3v) is 7.61. The van der Waals surface area contributed by atoms with Gasteiger partial charge in [0.1, 0.15) is 0 Å². The van der Waals surface area contributed by atoms with E-state index in [-0.39, 0.29) is 5.25 Å². The van der Waals surface area contributed by atoms with Crippen LogP contribution < -0.4 is 0 Å². The van der Waals surface area contributed by atoms with E-state index in [2.05, 4.69) is 23.2 Å². The monoisotopic (exact) mass is 371 g/mol. The van der Waals surface area contributed by atoms with Gasteiger partial charge in [-0.25, -0.2) is 8.42 Å². The molecule has 2 rings (SSSR count). The van der Waals surface area contributed by atoms with Crippen LogP contribution in [0.4, 0.5) is 0 Å². The summed E-state index contributed by atoms with van der Waals surface area (Å²) in [6.45, 7) is 3.51. The third-order valence-electron chi connectivity index (χ3n) is 4.10. The van der Waals surface area contributed by atoms with Crippen LogP contribution >= 0.6 is 23.6 Å². The highest BCUT2D eigenvalue weighted by Crippen LogP contribution is 2.21. The summed E-state index contributed by atoms with van der Waals surface area (Å²) in [5.41, 5.74) is 2.47. The van der Waals surface area contributed by atoms with Crippen LogP contribution in [0.1, 0.15) is 51.5 Å². The van der Waals surface area contributed by atoms with Gasteiger partial charge in [0, 0.05) is 0 Å². The molecule has 0 aliphatic rings. The first kappa shape index (κ1) is 18.6. The van der Waals surface area contributed by atoms with Crippen LogP contribution in [0.3, 0.4) is 0 Å². The van der Waals surface area contributed by atoms with Crippen molar-refractivity contribution < 1.29 is 8.42 Å². The molecule has 1 aromatic heterocycles. The number of aryl methyl sites for hydroxylation is 1. The molecule has 1 N–H and O–H groups in total. The van der Waals surface area contributed by atoms with Crippen molar-refractivity contribution >= 4 is 43.6 Å². The minimum absolute atomic E-state index is 0.248. The summed E-state index contributed by atoms with van der Waals surface area (Å²) in [7, 11) is -2.86. The average molecular weight is 372 g/mol. The maximum atomic E-state index is 11.7. The summed E-state index contributed by atoms with van der Waals surface area (Å²) in [6.07, 6.45) is 6.26. The van der Waals surface area contributed by atoms with Crippen LogP contribution in [0, 0.1) is 3.95 Å². The molecule has 0 spiro atoms. The van der Waals surface area contributed by atoms with Gasteiger partial charge in [0.25, 0.3) is 0 Å². The molecule has 0 aliphatic heterocycles. The van der Waals surface area contributed by atoms with Gasteiger partial charge >= 0.3 is 0 Å². The fraction of sp³-hybridized carbons (Fsp3) is 0.588. The molecule has 2 aromatic rings. The van der Waals surface area contributed by atoms with Crippen molar-refractivity contribution in [3.8, 4) is 0 Å². The predicted molar refractivity (Wildman–Crippen MR) is 103 cm³/mol. The number of aromatic nitrogens is 1. The number of hydrogen-bond acceptors (Lipinski definition) is 4. The number of hydrogen-bond donors (Lipinski definition) is 1. The fourth-order valence-corrected chi connectivity index (χ4v) is 4.73. The van der Waals surface area contributed by atoms with Gasteiger partial charge in [0.05, 0.1) is 21.2 Å². The van der Waals surface area contributed by atoms with E-state index in [1.165, 1.54) is 10.3 Å². The molecule has 0 unspecified atom stereocenters. The predicted octanol–water partition coefficient (Wildman–Crippen LogP) is 5.28. The quantitative estimate of drug-likeness (QED) is 0.482. The first-order valence-electron chi connectivity index (χ1n) is 8.22. The van der Waals surface area contributed by atoms with E-state index < -0.39 is 9.84 Å². The molecule has 0 amide bonds. The van der Waals surface area contributed by atoms with Crippen molar-refractivity contribution in [2.45, 2.75) is 57.6 Å². The van der Waals surface area contributed by atoms with Crippen molar-refractivity contribution in [3.05, 3.63) is 27.7 Å². The van der Waals surface area contributed by atoms with Crippen LogP contribution in [0.25, 0.3) is 10.2 Å². The zero-order valence-electron chi connectivity index (χ0n) is 13.8. The summed E-state index contributed by atoms with van der Waals surface area (Å²) < 4.78 is 25.4. The lowest BCUT2D eigenvalue weighted by atomic mass is 10.1. The van der Waals surface area contributed by atoms with Gasteiger partial charge in [-0.2, -0.15) is 0 Å². The topological polar surface area (TPSA) is 49.9 Å². The molecule has 128 valence electrons. The molecule has 0 saturated carbocycles. The van der Waals surface area contributed by atoms with Gasteiger partial charge in [-0.3, -0.25) is 0 Å². The second-order valence-electron chi connectivity index (χ2n) is 6.28. The standard InChI is InChI=1S/C17H25NO2S3/c1-13(2)23(19,20)11-7-5-3-4-6-8-14-9-10-16-15(12-14)18-17(21)22-16/h9-10,12-13H,3-8,11H2,1-2H3,(H,18,21). The molecular formula is C17H25NO2S3. The Kier molecular flexibility index (Phi) is 6.80. The second kappa shape index (κ2) is 8.40. The number of rotatable bonds is 9. The van der Waals surface area contributed by atoms with Gasteiger partial charge < -0.3 is 4.98 Å². The molecule has 1 heterocycles. The van der Waals surface area contributed by atoms with Crippen LogP contribution in [-0.4, -0.2) is 24.4 Å². The largest absolute Gasteiger partial charge is 0.337 e. The summed E-state index contributed by atoms with van der Waals surface area (Å²) in [5, 5.41) is -0.248. The third kappa shape index (κ3) is 5.69. The van der Waals surface area contributed by atoms with Gasteiger partial charge in [-0.15, -0.1) is 11.3 Å². The Balaban J connectivity index is 1.66. The number of H-pyrrole nitrogens is 1. The lowest BCUT2D eigenvalue weighted by molar-refractivity contribution is 0.577. The normalized spacial score (nSPS) is 12.3. The highest BCUT2D eigenvalue weighted by atomic mass is 32.2. The molecule has 3 nitrogen and oxygen atoms in total. The molecule has 0 radical (unpaired) electrons. The van der Waals surface area contributed by atoms with Crippen molar-refractivity contribution in [2.24, 2.45) is 0 Å². The van der Waals surface area contributed by atoms with Crippen molar-refractivity contribution in [3.63, 3.8) is 0 Å². The Hall–Kier alpha value is -0.720. The molecular weight excluding hydrogens is 346 g/mol. The molecule has 6 heteroatoms. The Labute approximate surface area is 148 Å². The number of fused-ring (bicyclic) bond motifs is 1. The minimum atomic E-state index is -2.86. The zero-order valence-corrected chi connectivity index (χ0v) is 16.2. The molecule has 1 aromatic carbocycles. The second-order valence-corrected chi connectivity index (χ2v) is 10.7. The molecule has 23 heavy (non-hydrogen) atoms. The fourth-order valence-electron chi connectivity index (χ4n) is 2.55. The van der Waals surface area contributed by atoms with E-state index in [9.17, 15) is 8.42 Å². The smallest absolute Gasteiger partial charge is 0.159 e. The van der Waals surface area contributed by atoms with Crippen molar-refractivity contribution in [1.29, 1.82) is 0 Å². The summed E-state index contributed by atoms with van der Waals surface area (Å²) in [6, 6.07) is 6.51. The van der Waals surface area contributed by atoms with Gasteiger partial charge in [0.2, 0.25) is 0 Å². The van der Waals surface area contributed by atoms with E-state index >= 15 is 0 Å². The summed E-state index contributed by atoms with van der Waals surface area (Å²) >= 11 is 6.78. The number of sulfone groups is 1. The van der Waals surface area contributed by atoms with E-state index in [4.69, 9.17) is 12.2 Å². The zero-order chi connectivity index (χ0) is 16.9. The number of nitrogens with one attached hydrogen (secondary N) is 1. The van der Waals surface area contributed by atoms with Crippen LogP contribution in [0.2, 0.25) is 0 Å². The Bertz CT molecular complexity index is 788. The lowest BCUT2D eigenvalue weighted by Crippen LogP contribution is -2.17. The maximum Gasteiger partial charge on any atom is 0.159 e. The van der Waals surface area contributed by atoms with Crippen LogP contribution in [-0.2, 0) is 16.3 Å². The maximum absolute atomic E-state index is 11.7. The minimum Gasteiger partial charge on any atom is -0.337 e. The van der Waals surface area contributed by atoms with Gasteiger partial charge in [-0.05, 0) is 63.0 Å². The van der Waals surface area contributed by atoms with E-state index in [0.717, 1.165) is 48.0 Å². The Morgan fingerprint density at radius 3 is 2.57 bits per heavy atom. The first-order chi connectivity index (χ1) is 10.9. The van der Waals surface area contributed by atoms with E-state index in [0.29, 0.717) is 5.75 Å². The van der Waals surface area contributed by atoms with Gasteiger partial charge in [-0.1, -0.05) is 25.3 Å². The summed E-state index contributed by atoms with van der Waals surface area (Å²) in [5.74, 6) is 0.332. The lowest BCUT2D eigenvalue weighted by Gasteiger charge is -2.07. The Morgan fingerprint density at radius 1 is 1.13 bits per heavy atom. The summed E-state index contributed by atoms with van der Waals surface area (Å²) in [4.78, 5) is 3.22. The van der Waals surface area contributed by atoms with E-state index in [1.54, 1.807) is 25.2 Å². The number of thiazole rings is 1.